The number of ether oxygens (including phenoxy) is 1. The fourth-order valence-electron chi connectivity index (χ4n) is 5.73. The number of pyridine rings is 1. The van der Waals surface area contributed by atoms with Gasteiger partial charge in [-0.2, -0.15) is 13.2 Å². The van der Waals surface area contributed by atoms with Crippen LogP contribution in [0.3, 0.4) is 0 Å². The van der Waals surface area contributed by atoms with Crippen LogP contribution >= 0.6 is 0 Å². The van der Waals surface area contributed by atoms with Crippen LogP contribution in [-0.4, -0.2) is 6.18 Å². The molecule has 2 nitrogen and oxygen atoms in total. The predicted molar refractivity (Wildman–Crippen MR) is 139 cm³/mol. The van der Waals surface area contributed by atoms with Crippen molar-refractivity contribution in [3.05, 3.63) is 77.5 Å². The lowest BCUT2D eigenvalue weighted by Crippen LogP contribution is -2.34. The summed E-state index contributed by atoms with van der Waals surface area (Å²) in [6.07, 6.45) is -2.37. The Labute approximate surface area is 207 Å². The molecule has 0 saturated heterocycles. The van der Waals surface area contributed by atoms with E-state index in [9.17, 15) is 13.2 Å². The first-order valence-electron chi connectivity index (χ1n) is 12.1. The Hall–Kier alpha value is -3.60. The topological polar surface area (TPSA) is 13.1 Å². The van der Waals surface area contributed by atoms with Crippen molar-refractivity contribution in [1.82, 2.24) is 0 Å². The summed E-state index contributed by atoms with van der Waals surface area (Å²) >= 11 is 0. The number of aromatic nitrogens is 1. The fraction of sp³-hybridized carbons (Fsp3) is 0.258. The van der Waals surface area contributed by atoms with E-state index in [1.807, 2.05) is 43.6 Å². The van der Waals surface area contributed by atoms with E-state index < -0.39 is 11.6 Å². The molecule has 2 heterocycles. The Morgan fingerprint density at radius 2 is 1.47 bits per heavy atom. The first-order chi connectivity index (χ1) is 17.0. The third kappa shape index (κ3) is 3.08. The molecule has 182 valence electrons. The molecular formula is C31H27F3NO+. The molecule has 5 heteroatoms. The van der Waals surface area contributed by atoms with Gasteiger partial charge in [-0.05, 0) is 59.0 Å². The van der Waals surface area contributed by atoms with E-state index in [0.717, 1.165) is 55.1 Å². The molecule has 0 unspecified atom stereocenters. The molecule has 0 fully saturated rings. The lowest BCUT2D eigenvalue weighted by molar-refractivity contribution is -0.659. The summed E-state index contributed by atoms with van der Waals surface area (Å²) in [5, 5.41) is 6.04. The van der Waals surface area contributed by atoms with Crippen molar-refractivity contribution in [3.8, 4) is 22.8 Å². The molecule has 0 N–H and O–H groups in total. The SMILES string of the molecule is Cc1c2c(c(C)c3ccccc13)-c1c3c(cc4c(CC(C)(C)C(F)(F)F)cccc4c3cc[n+]1C)O2. The minimum absolute atomic E-state index is 0.106. The van der Waals surface area contributed by atoms with Gasteiger partial charge in [0.15, 0.2) is 6.20 Å². The molecule has 1 aliphatic heterocycles. The molecular weight excluding hydrogens is 459 g/mol. The Morgan fingerprint density at radius 3 is 2.17 bits per heavy atom. The summed E-state index contributed by atoms with van der Waals surface area (Å²) in [6, 6.07) is 18.0. The zero-order valence-corrected chi connectivity index (χ0v) is 21.0. The number of rotatable bonds is 2. The smallest absolute Gasteiger partial charge is 0.394 e. The van der Waals surface area contributed by atoms with Crippen LogP contribution in [0.15, 0.2) is 60.8 Å². The van der Waals surface area contributed by atoms with Crippen LogP contribution in [0.25, 0.3) is 43.6 Å². The molecule has 0 amide bonds. The molecule has 0 aliphatic carbocycles. The maximum absolute atomic E-state index is 13.8. The van der Waals surface area contributed by atoms with Crippen molar-refractivity contribution < 1.29 is 22.5 Å². The highest BCUT2D eigenvalue weighted by Gasteiger charge is 2.47. The molecule has 1 aliphatic rings. The third-order valence-corrected chi connectivity index (χ3v) is 7.86. The summed E-state index contributed by atoms with van der Waals surface area (Å²) in [6.45, 7) is 6.73. The Balaban J connectivity index is 1.70. The molecule has 5 aromatic rings. The number of alkyl halides is 3. The second-order valence-corrected chi connectivity index (χ2v) is 10.6. The molecule has 0 bridgehead atoms. The van der Waals surface area contributed by atoms with Crippen LogP contribution < -0.4 is 9.30 Å². The molecule has 6 rings (SSSR count). The normalized spacial score (nSPS) is 13.3. The van der Waals surface area contributed by atoms with Crippen LogP contribution in [0.1, 0.15) is 30.5 Å². The van der Waals surface area contributed by atoms with Crippen LogP contribution in [0, 0.1) is 19.3 Å². The van der Waals surface area contributed by atoms with Gasteiger partial charge < -0.3 is 4.74 Å². The Kier molecular flexibility index (Phi) is 4.73. The lowest BCUT2D eigenvalue weighted by atomic mass is 9.82. The van der Waals surface area contributed by atoms with E-state index in [4.69, 9.17) is 4.74 Å². The predicted octanol–water partition coefficient (Wildman–Crippen LogP) is 8.49. The van der Waals surface area contributed by atoms with E-state index in [-0.39, 0.29) is 6.42 Å². The van der Waals surface area contributed by atoms with Crippen molar-refractivity contribution in [2.45, 2.75) is 40.3 Å². The van der Waals surface area contributed by atoms with Crippen molar-refractivity contribution in [2.75, 3.05) is 0 Å². The number of benzene rings is 4. The quantitative estimate of drug-likeness (QED) is 0.177. The number of fused-ring (bicyclic) bond motifs is 5. The molecule has 4 aromatic carbocycles. The average Bonchev–Trinajstić information content (AvgIpc) is 2.83. The van der Waals surface area contributed by atoms with Crippen LogP contribution in [0.5, 0.6) is 11.5 Å². The largest absolute Gasteiger partial charge is 0.455 e. The van der Waals surface area contributed by atoms with Gasteiger partial charge >= 0.3 is 6.18 Å². The number of aryl methyl sites for hydroxylation is 3. The zero-order chi connectivity index (χ0) is 25.6. The van der Waals surface area contributed by atoms with Crippen LogP contribution in [-0.2, 0) is 13.5 Å². The number of hydrogen-bond acceptors (Lipinski definition) is 1. The van der Waals surface area contributed by atoms with Crippen molar-refractivity contribution in [2.24, 2.45) is 12.5 Å². The van der Waals surface area contributed by atoms with Crippen LogP contribution in [0.4, 0.5) is 13.2 Å². The van der Waals surface area contributed by atoms with Crippen molar-refractivity contribution in [1.29, 1.82) is 0 Å². The highest BCUT2D eigenvalue weighted by Crippen LogP contribution is 2.52. The minimum Gasteiger partial charge on any atom is -0.455 e. The summed E-state index contributed by atoms with van der Waals surface area (Å²) in [4.78, 5) is 0. The monoisotopic (exact) mass is 486 g/mol. The Morgan fingerprint density at radius 1 is 0.806 bits per heavy atom. The van der Waals surface area contributed by atoms with Gasteiger partial charge in [0, 0.05) is 17.0 Å². The van der Waals surface area contributed by atoms with E-state index in [2.05, 4.69) is 36.6 Å². The summed E-state index contributed by atoms with van der Waals surface area (Å²) in [5.74, 6) is 1.50. The van der Waals surface area contributed by atoms with Gasteiger partial charge in [0.1, 0.15) is 18.5 Å². The van der Waals surface area contributed by atoms with Gasteiger partial charge in [-0.15, -0.1) is 0 Å². The molecule has 0 spiro atoms. The van der Waals surface area contributed by atoms with Gasteiger partial charge in [-0.1, -0.05) is 56.3 Å². The number of halogens is 3. The highest BCUT2D eigenvalue weighted by atomic mass is 19.4. The van der Waals surface area contributed by atoms with E-state index in [1.54, 1.807) is 6.07 Å². The average molecular weight is 487 g/mol. The molecule has 0 atom stereocenters. The zero-order valence-electron chi connectivity index (χ0n) is 21.0. The highest BCUT2D eigenvalue weighted by molar-refractivity contribution is 6.16. The second kappa shape index (κ2) is 7.45. The minimum atomic E-state index is -4.30. The van der Waals surface area contributed by atoms with Gasteiger partial charge in [0.05, 0.1) is 16.4 Å². The summed E-state index contributed by atoms with van der Waals surface area (Å²) in [7, 11) is 2.03. The van der Waals surface area contributed by atoms with E-state index in [0.29, 0.717) is 11.3 Å². The summed E-state index contributed by atoms with van der Waals surface area (Å²) < 4.78 is 50.1. The van der Waals surface area contributed by atoms with E-state index in [1.165, 1.54) is 19.2 Å². The van der Waals surface area contributed by atoms with E-state index >= 15 is 0 Å². The number of nitrogens with zero attached hydrogens (tertiary/aromatic N) is 1. The number of hydrogen-bond donors (Lipinski definition) is 0. The standard InChI is InChI=1S/C31H27F3NO/c1-17-20-10-6-7-11-21(20)18(2)29-26(17)28-27-23(13-14-35(28)5)22-12-8-9-19(24(22)15-25(27)36-29)16-30(3,4)31(32,33)34/h6-15H,16H2,1-5H3/q+1. The fourth-order valence-corrected chi connectivity index (χ4v) is 5.73. The lowest BCUT2D eigenvalue weighted by Gasteiger charge is -2.29. The van der Waals surface area contributed by atoms with Gasteiger partial charge in [-0.3, -0.25) is 0 Å². The Bertz CT molecular complexity index is 1730. The van der Waals surface area contributed by atoms with Gasteiger partial charge in [0.2, 0.25) is 5.69 Å². The van der Waals surface area contributed by atoms with Crippen molar-refractivity contribution >= 4 is 32.3 Å². The van der Waals surface area contributed by atoms with Crippen LogP contribution in [0.2, 0.25) is 0 Å². The second-order valence-electron chi connectivity index (χ2n) is 10.6. The van der Waals surface area contributed by atoms with Crippen molar-refractivity contribution in [3.63, 3.8) is 0 Å². The molecule has 36 heavy (non-hydrogen) atoms. The molecule has 0 radical (unpaired) electrons. The van der Waals surface area contributed by atoms with Gasteiger partial charge in [0.25, 0.3) is 0 Å². The first-order valence-corrected chi connectivity index (χ1v) is 12.1. The molecule has 1 aromatic heterocycles. The summed E-state index contributed by atoms with van der Waals surface area (Å²) in [5.41, 5.74) is 3.17. The third-order valence-electron chi connectivity index (χ3n) is 7.86. The molecule has 0 saturated carbocycles. The maximum atomic E-state index is 13.8. The van der Waals surface area contributed by atoms with Gasteiger partial charge in [-0.25, -0.2) is 4.57 Å². The first kappa shape index (κ1) is 22.8. The maximum Gasteiger partial charge on any atom is 0.394 e.